The van der Waals surface area contributed by atoms with Gasteiger partial charge in [0.1, 0.15) is 17.3 Å². The van der Waals surface area contributed by atoms with Gasteiger partial charge in [-0.2, -0.15) is 0 Å². The molecule has 0 saturated heterocycles. The number of ketones is 1. The number of hydrogen-bond acceptors (Lipinski definition) is 7. The van der Waals surface area contributed by atoms with Gasteiger partial charge < -0.3 is 14.2 Å². The predicted molar refractivity (Wildman–Crippen MR) is 120 cm³/mol. The molecule has 3 rings (SSSR count). The van der Waals surface area contributed by atoms with Gasteiger partial charge in [0, 0.05) is 11.2 Å². The molecule has 1 heterocycles. The van der Waals surface area contributed by atoms with Crippen LogP contribution in [0.15, 0.2) is 41.4 Å². The van der Waals surface area contributed by atoms with E-state index >= 15 is 0 Å². The highest BCUT2D eigenvalue weighted by atomic mass is 35.5. The van der Waals surface area contributed by atoms with E-state index in [1.54, 1.807) is 51.8 Å². The molecule has 156 valence electrons. The topological polar surface area (TPSA) is 70.0 Å². The van der Waals surface area contributed by atoms with Crippen LogP contribution in [-0.4, -0.2) is 44.9 Å². The van der Waals surface area contributed by atoms with E-state index in [-0.39, 0.29) is 12.3 Å². The molecule has 0 aliphatic carbocycles. The molecule has 0 bridgehead atoms. The monoisotopic (exact) mass is 444 g/mol. The first kappa shape index (κ1) is 21.8. The van der Waals surface area contributed by atoms with Crippen molar-refractivity contribution in [3.05, 3.63) is 57.6 Å². The molecular weight excluding hydrogens is 424 g/mol. The van der Waals surface area contributed by atoms with Crippen molar-refractivity contribution < 1.29 is 19.0 Å². The Balaban J connectivity index is 1.76. The Morgan fingerprint density at radius 3 is 2.50 bits per heavy atom. The number of carbonyl (C=O) groups is 1. The number of carbonyl (C=O) groups excluding carboxylic acids is 1. The number of hydrogen-bond donors (Lipinski definition) is 0. The van der Waals surface area contributed by atoms with Crippen LogP contribution in [0.3, 0.4) is 0 Å². The number of aryl methyl sites for hydroxylation is 1. The zero-order valence-electron chi connectivity index (χ0n) is 17.1. The summed E-state index contributed by atoms with van der Waals surface area (Å²) in [4.78, 5) is 22.1. The summed E-state index contributed by atoms with van der Waals surface area (Å²) < 4.78 is 15.9. The predicted octanol–water partition coefficient (Wildman–Crippen LogP) is 5.10. The molecule has 0 amide bonds. The molecule has 0 unspecified atom stereocenters. The highest BCUT2D eigenvalue weighted by Gasteiger charge is 2.18. The quantitative estimate of drug-likeness (QED) is 0.357. The van der Waals surface area contributed by atoms with Crippen molar-refractivity contribution in [1.82, 2.24) is 4.98 Å². The van der Waals surface area contributed by atoms with Crippen molar-refractivity contribution in [2.24, 2.45) is 4.99 Å². The van der Waals surface area contributed by atoms with Crippen LogP contribution >= 0.6 is 22.9 Å². The Morgan fingerprint density at radius 1 is 1.07 bits per heavy atom. The number of Topliss-reactive ketones (excluding diaryl/α,β-unsaturated/α-hetero) is 1. The van der Waals surface area contributed by atoms with Crippen LogP contribution in [-0.2, 0) is 0 Å². The fourth-order valence-electron chi connectivity index (χ4n) is 2.85. The summed E-state index contributed by atoms with van der Waals surface area (Å²) in [6.45, 7) is 1.84. The number of benzene rings is 2. The van der Waals surface area contributed by atoms with Crippen molar-refractivity contribution in [2.75, 3.05) is 27.9 Å². The molecule has 6 nitrogen and oxygen atoms in total. The highest BCUT2D eigenvalue weighted by molar-refractivity contribution is 7.17. The summed E-state index contributed by atoms with van der Waals surface area (Å²) in [7, 11) is 4.72. The van der Waals surface area contributed by atoms with Gasteiger partial charge in [0.15, 0.2) is 17.3 Å². The molecule has 0 N–H and O–H groups in total. The van der Waals surface area contributed by atoms with Crippen molar-refractivity contribution in [2.45, 2.75) is 6.92 Å². The minimum atomic E-state index is -0.0964. The fraction of sp³-hybridized carbons (Fsp3) is 0.227. The van der Waals surface area contributed by atoms with Crippen molar-refractivity contribution in [3.8, 4) is 27.8 Å². The molecule has 0 radical (unpaired) electrons. The molecular formula is C22H21ClN2O4S. The lowest BCUT2D eigenvalue weighted by Gasteiger charge is -2.07. The molecule has 0 atom stereocenters. The second-order valence-electron chi connectivity index (χ2n) is 6.29. The largest absolute Gasteiger partial charge is 0.496 e. The van der Waals surface area contributed by atoms with Crippen molar-refractivity contribution in [3.63, 3.8) is 0 Å². The second kappa shape index (κ2) is 9.73. The van der Waals surface area contributed by atoms with Gasteiger partial charge in [-0.1, -0.05) is 11.6 Å². The van der Waals surface area contributed by atoms with Gasteiger partial charge in [-0.25, -0.2) is 4.98 Å². The third kappa shape index (κ3) is 4.80. The zero-order chi connectivity index (χ0) is 21.7. The first-order valence-corrected chi connectivity index (χ1v) is 10.2. The number of aliphatic imine (C=N–C) groups is 1. The van der Waals surface area contributed by atoms with Gasteiger partial charge in [0.25, 0.3) is 0 Å². The third-order valence-electron chi connectivity index (χ3n) is 4.33. The van der Waals surface area contributed by atoms with Gasteiger partial charge in [-0.15, -0.1) is 11.3 Å². The van der Waals surface area contributed by atoms with E-state index in [2.05, 4.69) is 9.98 Å². The first-order chi connectivity index (χ1) is 14.5. The fourth-order valence-corrected chi connectivity index (χ4v) is 4.04. The average Bonchev–Trinajstić information content (AvgIpc) is 3.14. The molecule has 8 heteroatoms. The molecule has 3 aromatic rings. The van der Waals surface area contributed by atoms with Crippen LogP contribution in [0.1, 0.15) is 20.9 Å². The molecule has 30 heavy (non-hydrogen) atoms. The molecule has 0 saturated carbocycles. The number of rotatable bonds is 8. The van der Waals surface area contributed by atoms with Gasteiger partial charge in [-0.3, -0.25) is 9.79 Å². The maximum Gasteiger partial charge on any atom is 0.196 e. The molecule has 0 fully saturated rings. The van der Waals surface area contributed by atoms with Crippen LogP contribution in [0.25, 0.3) is 10.6 Å². The SMILES string of the molecule is COc1ccc(C=NCC(=O)c2sc(-c3ccc(Cl)cc3OC)nc2C)cc1OC. The Morgan fingerprint density at radius 2 is 1.80 bits per heavy atom. The van der Waals surface area contributed by atoms with Crippen LogP contribution in [0.4, 0.5) is 0 Å². The molecule has 0 aliphatic heterocycles. The zero-order valence-corrected chi connectivity index (χ0v) is 18.6. The number of ether oxygens (including phenoxy) is 3. The summed E-state index contributed by atoms with van der Waals surface area (Å²) in [6.07, 6.45) is 1.64. The summed E-state index contributed by atoms with van der Waals surface area (Å²) in [5.74, 6) is 1.76. The van der Waals surface area contributed by atoms with E-state index in [1.807, 2.05) is 19.1 Å². The maximum absolute atomic E-state index is 12.7. The number of thiazole rings is 1. The Kier molecular flexibility index (Phi) is 7.07. The van der Waals surface area contributed by atoms with Crippen molar-refractivity contribution in [1.29, 1.82) is 0 Å². The lowest BCUT2D eigenvalue weighted by Crippen LogP contribution is -2.03. The van der Waals surface area contributed by atoms with E-state index in [4.69, 9.17) is 25.8 Å². The lowest BCUT2D eigenvalue weighted by molar-refractivity contribution is 0.100. The molecule has 2 aromatic carbocycles. The van der Waals surface area contributed by atoms with Gasteiger partial charge >= 0.3 is 0 Å². The standard InChI is InChI=1S/C22H21ClN2O4S/c1-13-21(30-22(25-13)16-7-6-15(23)10-19(16)28-3)17(26)12-24-11-14-5-8-18(27-2)20(9-14)29-4/h5-11H,12H2,1-4H3. The van der Waals surface area contributed by atoms with Gasteiger partial charge in [-0.05, 0) is 48.9 Å². The van der Waals surface area contributed by atoms with E-state index < -0.39 is 0 Å². The number of nitrogens with zero attached hydrogens (tertiary/aromatic N) is 2. The summed E-state index contributed by atoms with van der Waals surface area (Å²) in [5, 5.41) is 1.28. The second-order valence-corrected chi connectivity index (χ2v) is 7.72. The Labute approximate surface area is 184 Å². The van der Waals surface area contributed by atoms with Gasteiger partial charge in [0.2, 0.25) is 0 Å². The number of methoxy groups -OCH3 is 3. The third-order valence-corrected chi connectivity index (χ3v) is 5.79. The van der Waals surface area contributed by atoms with Crippen LogP contribution in [0.5, 0.6) is 17.2 Å². The van der Waals surface area contributed by atoms with Crippen LogP contribution in [0.2, 0.25) is 5.02 Å². The minimum Gasteiger partial charge on any atom is -0.496 e. The number of halogens is 1. The van der Waals surface area contributed by atoms with E-state index in [0.717, 1.165) is 11.1 Å². The highest BCUT2D eigenvalue weighted by Crippen LogP contribution is 2.36. The maximum atomic E-state index is 12.7. The molecule has 1 aromatic heterocycles. The van der Waals surface area contributed by atoms with E-state index in [9.17, 15) is 4.79 Å². The average molecular weight is 445 g/mol. The lowest BCUT2D eigenvalue weighted by atomic mass is 10.2. The van der Waals surface area contributed by atoms with Gasteiger partial charge in [0.05, 0.1) is 37.5 Å². The summed E-state index contributed by atoms with van der Waals surface area (Å²) >= 11 is 7.35. The molecule has 0 aliphatic rings. The van der Waals surface area contributed by atoms with E-state index in [0.29, 0.717) is 37.8 Å². The minimum absolute atomic E-state index is 0.0224. The normalized spacial score (nSPS) is 11.0. The smallest absolute Gasteiger partial charge is 0.196 e. The Hall–Kier alpha value is -2.90. The first-order valence-electron chi connectivity index (χ1n) is 9.03. The molecule has 0 spiro atoms. The van der Waals surface area contributed by atoms with E-state index in [1.165, 1.54) is 11.3 Å². The van der Waals surface area contributed by atoms with Crippen LogP contribution in [0, 0.1) is 6.92 Å². The summed E-state index contributed by atoms with van der Waals surface area (Å²) in [6, 6.07) is 10.8. The number of aromatic nitrogens is 1. The Bertz CT molecular complexity index is 1090. The summed E-state index contributed by atoms with van der Waals surface area (Å²) in [5.41, 5.74) is 2.27. The van der Waals surface area contributed by atoms with Crippen LogP contribution < -0.4 is 14.2 Å². The van der Waals surface area contributed by atoms with Crippen molar-refractivity contribution >= 4 is 34.9 Å².